The molecule has 2 aromatic rings. The van der Waals surface area contributed by atoms with E-state index in [4.69, 9.17) is 4.52 Å². The SMILES string of the molecule is Cc1ncsc1-c1nc(CS(=O)CC(=O)NC2CCCCC2)no1. The Kier molecular flexibility index (Phi) is 5.72. The molecule has 130 valence electrons. The molecule has 24 heavy (non-hydrogen) atoms. The zero-order valence-electron chi connectivity index (χ0n) is 13.5. The van der Waals surface area contributed by atoms with Gasteiger partial charge in [-0.2, -0.15) is 4.98 Å². The van der Waals surface area contributed by atoms with Crippen LogP contribution < -0.4 is 5.32 Å². The summed E-state index contributed by atoms with van der Waals surface area (Å²) in [5, 5.41) is 6.81. The fourth-order valence-electron chi connectivity index (χ4n) is 2.77. The molecule has 7 nitrogen and oxygen atoms in total. The van der Waals surface area contributed by atoms with Gasteiger partial charge in [-0.25, -0.2) is 4.98 Å². The van der Waals surface area contributed by atoms with Gasteiger partial charge in [0.05, 0.1) is 17.0 Å². The van der Waals surface area contributed by atoms with Crippen LogP contribution in [0.15, 0.2) is 10.0 Å². The third kappa shape index (κ3) is 4.47. The summed E-state index contributed by atoms with van der Waals surface area (Å²) in [6.45, 7) is 1.86. The molecule has 1 N–H and O–H groups in total. The lowest BCUT2D eigenvalue weighted by Crippen LogP contribution is -2.38. The largest absolute Gasteiger partial charge is 0.353 e. The van der Waals surface area contributed by atoms with Crippen molar-refractivity contribution in [1.82, 2.24) is 20.4 Å². The van der Waals surface area contributed by atoms with E-state index in [0.29, 0.717) is 11.7 Å². The second-order valence-corrected chi connectivity index (χ2v) is 8.23. The molecule has 0 spiro atoms. The zero-order chi connectivity index (χ0) is 16.9. The van der Waals surface area contributed by atoms with Gasteiger partial charge < -0.3 is 9.84 Å². The molecule has 1 amide bonds. The Morgan fingerprint density at radius 2 is 2.21 bits per heavy atom. The number of aromatic nitrogens is 3. The van der Waals surface area contributed by atoms with Crippen LogP contribution in [0, 0.1) is 6.92 Å². The topological polar surface area (TPSA) is 98.0 Å². The van der Waals surface area contributed by atoms with E-state index in [1.165, 1.54) is 17.8 Å². The molecular weight excluding hydrogens is 348 g/mol. The Morgan fingerprint density at radius 3 is 2.92 bits per heavy atom. The molecule has 0 aromatic carbocycles. The minimum atomic E-state index is -1.35. The van der Waals surface area contributed by atoms with E-state index in [0.717, 1.165) is 36.3 Å². The van der Waals surface area contributed by atoms with E-state index in [2.05, 4.69) is 20.4 Å². The fraction of sp³-hybridized carbons (Fsp3) is 0.600. The average molecular weight is 368 g/mol. The van der Waals surface area contributed by atoms with Gasteiger partial charge in [0.1, 0.15) is 10.6 Å². The van der Waals surface area contributed by atoms with Gasteiger partial charge in [0.2, 0.25) is 5.91 Å². The summed E-state index contributed by atoms with van der Waals surface area (Å²) in [6.07, 6.45) is 5.56. The van der Waals surface area contributed by atoms with E-state index in [9.17, 15) is 9.00 Å². The molecule has 0 bridgehead atoms. The molecule has 0 saturated heterocycles. The molecule has 1 aliphatic rings. The highest BCUT2D eigenvalue weighted by molar-refractivity contribution is 7.84. The third-order valence-corrected chi connectivity index (χ3v) is 6.04. The van der Waals surface area contributed by atoms with Gasteiger partial charge in [0, 0.05) is 16.8 Å². The molecule has 0 aliphatic heterocycles. The summed E-state index contributed by atoms with van der Waals surface area (Å²) < 4.78 is 17.3. The van der Waals surface area contributed by atoms with Crippen molar-refractivity contribution in [1.29, 1.82) is 0 Å². The van der Waals surface area contributed by atoms with Crippen molar-refractivity contribution in [2.24, 2.45) is 0 Å². The van der Waals surface area contributed by atoms with Crippen LogP contribution in [0.5, 0.6) is 0 Å². The predicted molar refractivity (Wildman–Crippen MR) is 91.9 cm³/mol. The number of hydrogen-bond donors (Lipinski definition) is 1. The van der Waals surface area contributed by atoms with Crippen LogP contribution >= 0.6 is 11.3 Å². The van der Waals surface area contributed by atoms with Gasteiger partial charge in [-0.15, -0.1) is 11.3 Å². The maximum atomic E-state index is 12.1. The summed E-state index contributed by atoms with van der Waals surface area (Å²) in [6, 6.07) is 0.231. The molecule has 2 aromatic heterocycles. The van der Waals surface area contributed by atoms with Crippen molar-refractivity contribution >= 4 is 28.0 Å². The first-order valence-electron chi connectivity index (χ1n) is 7.99. The summed E-state index contributed by atoms with van der Waals surface area (Å²) in [7, 11) is -1.35. The second kappa shape index (κ2) is 7.98. The van der Waals surface area contributed by atoms with Crippen LogP contribution in [0.1, 0.15) is 43.6 Å². The van der Waals surface area contributed by atoms with Crippen molar-refractivity contribution in [3.8, 4) is 10.8 Å². The number of nitrogens with one attached hydrogen (secondary N) is 1. The number of aryl methyl sites for hydroxylation is 1. The van der Waals surface area contributed by atoms with Gasteiger partial charge in [0.15, 0.2) is 5.82 Å². The van der Waals surface area contributed by atoms with Gasteiger partial charge in [0.25, 0.3) is 5.89 Å². The maximum absolute atomic E-state index is 12.1. The van der Waals surface area contributed by atoms with E-state index < -0.39 is 10.8 Å². The molecule has 1 unspecified atom stereocenters. The van der Waals surface area contributed by atoms with Crippen LogP contribution in [-0.4, -0.2) is 37.0 Å². The monoisotopic (exact) mass is 368 g/mol. The zero-order valence-corrected chi connectivity index (χ0v) is 15.1. The molecular formula is C15H20N4O3S2. The minimum Gasteiger partial charge on any atom is -0.353 e. The molecule has 1 fully saturated rings. The summed E-state index contributed by atoms with van der Waals surface area (Å²) >= 11 is 1.42. The van der Waals surface area contributed by atoms with E-state index in [-0.39, 0.29) is 23.5 Å². The number of thiazole rings is 1. The first-order valence-corrected chi connectivity index (χ1v) is 10.4. The fourth-order valence-corrected chi connectivity index (χ4v) is 4.38. The molecule has 1 saturated carbocycles. The first-order chi connectivity index (χ1) is 11.6. The van der Waals surface area contributed by atoms with E-state index in [1.54, 1.807) is 5.51 Å². The van der Waals surface area contributed by atoms with Crippen molar-refractivity contribution in [3.05, 3.63) is 17.0 Å². The van der Waals surface area contributed by atoms with Gasteiger partial charge in [-0.05, 0) is 19.8 Å². The van der Waals surface area contributed by atoms with E-state index >= 15 is 0 Å². The first kappa shape index (κ1) is 17.2. The van der Waals surface area contributed by atoms with Crippen molar-refractivity contribution < 1.29 is 13.5 Å². The van der Waals surface area contributed by atoms with Crippen molar-refractivity contribution in [3.63, 3.8) is 0 Å². The highest BCUT2D eigenvalue weighted by atomic mass is 32.2. The predicted octanol–water partition coefficient (Wildman–Crippen LogP) is 2.20. The van der Waals surface area contributed by atoms with Crippen LogP contribution in [0.3, 0.4) is 0 Å². The number of hydrogen-bond acceptors (Lipinski definition) is 7. The summed E-state index contributed by atoms with van der Waals surface area (Å²) in [4.78, 5) is 21.2. The van der Waals surface area contributed by atoms with Gasteiger partial charge in [-0.1, -0.05) is 24.4 Å². The number of nitrogens with zero attached hydrogens (tertiary/aromatic N) is 3. The Hall–Kier alpha value is -1.61. The molecule has 1 aliphatic carbocycles. The molecule has 1 atom stereocenters. The highest BCUT2D eigenvalue weighted by Gasteiger charge is 2.19. The van der Waals surface area contributed by atoms with Gasteiger partial charge >= 0.3 is 0 Å². The van der Waals surface area contributed by atoms with Crippen LogP contribution in [0.4, 0.5) is 0 Å². The van der Waals surface area contributed by atoms with Crippen LogP contribution in [0.25, 0.3) is 10.8 Å². The lowest BCUT2D eigenvalue weighted by atomic mass is 9.95. The lowest BCUT2D eigenvalue weighted by Gasteiger charge is -2.22. The Morgan fingerprint density at radius 1 is 1.42 bits per heavy atom. The maximum Gasteiger partial charge on any atom is 0.269 e. The van der Waals surface area contributed by atoms with E-state index in [1.807, 2.05) is 6.92 Å². The van der Waals surface area contributed by atoms with Crippen LogP contribution in [0.2, 0.25) is 0 Å². The Balaban J connectivity index is 1.50. The average Bonchev–Trinajstić information content (AvgIpc) is 3.16. The number of rotatable bonds is 6. The summed E-state index contributed by atoms with van der Waals surface area (Å²) in [5.41, 5.74) is 2.53. The number of amides is 1. The number of carbonyl (C=O) groups is 1. The third-order valence-electron chi connectivity index (χ3n) is 3.96. The molecule has 2 heterocycles. The Bertz CT molecular complexity index is 722. The molecule has 0 radical (unpaired) electrons. The van der Waals surface area contributed by atoms with Crippen molar-refractivity contribution in [2.75, 3.05) is 5.75 Å². The lowest BCUT2D eigenvalue weighted by molar-refractivity contribution is -0.119. The number of carbonyl (C=O) groups excluding carboxylic acids is 1. The second-order valence-electron chi connectivity index (χ2n) is 5.91. The molecule has 3 rings (SSSR count). The normalized spacial score (nSPS) is 16.9. The van der Waals surface area contributed by atoms with Crippen LogP contribution in [-0.2, 0) is 21.3 Å². The molecule has 9 heteroatoms. The van der Waals surface area contributed by atoms with Gasteiger partial charge in [-0.3, -0.25) is 9.00 Å². The summed E-state index contributed by atoms with van der Waals surface area (Å²) in [5.74, 6) is 0.650. The minimum absolute atomic E-state index is 0.0278. The quantitative estimate of drug-likeness (QED) is 0.839. The van der Waals surface area contributed by atoms with Crippen molar-refractivity contribution in [2.45, 2.75) is 50.8 Å². The smallest absolute Gasteiger partial charge is 0.269 e. The highest BCUT2D eigenvalue weighted by Crippen LogP contribution is 2.25. The standard InChI is InChI=1S/C15H20N4O3S2/c1-10-14(23-9-16-10)15-18-12(19-22-15)7-24(21)8-13(20)17-11-5-3-2-4-6-11/h9,11H,2-8H2,1H3,(H,17,20). The Labute approximate surface area is 146 Å².